The van der Waals surface area contributed by atoms with E-state index in [2.05, 4.69) is 237 Å². The zero-order chi connectivity index (χ0) is 41.7. The first-order valence-electron chi connectivity index (χ1n) is 21.6. The summed E-state index contributed by atoms with van der Waals surface area (Å²) in [5, 5.41) is 4.75. The Kier molecular flexibility index (Phi) is 8.76. The number of hydrogen-bond donors (Lipinski definition) is 0. The summed E-state index contributed by atoms with van der Waals surface area (Å²) in [7, 11) is 0. The van der Waals surface area contributed by atoms with Crippen LogP contribution >= 0.6 is 0 Å². The molecule has 0 aliphatic heterocycles. The highest BCUT2D eigenvalue weighted by molar-refractivity contribution is 6.05. The van der Waals surface area contributed by atoms with Gasteiger partial charge in [-0.1, -0.05) is 212 Å². The fraction of sp³-hybridized carbons (Fsp3) is 0.0164. The standard InChI is InChI=1S/C61H40N2/c1-5-19-41(20-6-1)48-29-15-18-32-53(48)59-40-58(42-21-7-2-8-22-42)62-60(63-59)54-36-35-49(50-30-16-17-31-51(50)54)45-33-34-52-55-37-43-23-13-14-24-44(43)38-57(55)61(56(52)39-45,46-25-9-3-10-26-46)47-27-11-4-12-28-47/h1-40H. The van der Waals surface area contributed by atoms with Gasteiger partial charge in [-0.25, -0.2) is 9.97 Å². The van der Waals surface area contributed by atoms with Crippen LogP contribution in [0.3, 0.4) is 0 Å². The maximum atomic E-state index is 5.41. The lowest BCUT2D eigenvalue weighted by Crippen LogP contribution is -2.28. The highest BCUT2D eigenvalue weighted by Crippen LogP contribution is 2.57. The van der Waals surface area contributed by atoms with Crippen LogP contribution in [0.2, 0.25) is 0 Å². The number of rotatable bonds is 7. The van der Waals surface area contributed by atoms with Crippen molar-refractivity contribution in [2.45, 2.75) is 5.41 Å². The smallest absolute Gasteiger partial charge is 0.161 e. The Morgan fingerprint density at radius 3 is 1.44 bits per heavy atom. The van der Waals surface area contributed by atoms with Gasteiger partial charge in [0.2, 0.25) is 0 Å². The molecule has 11 aromatic rings. The fourth-order valence-electron chi connectivity index (χ4n) is 10.1. The maximum Gasteiger partial charge on any atom is 0.161 e. The van der Waals surface area contributed by atoms with Gasteiger partial charge in [-0.2, -0.15) is 0 Å². The highest BCUT2D eigenvalue weighted by atomic mass is 14.9. The number of nitrogens with zero attached hydrogens (tertiary/aromatic N) is 2. The first-order valence-corrected chi connectivity index (χ1v) is 21.6. The fourth-order valence-corrected chi connectivity index (χ4v) is 10.1. The monoisotopic (exact) mass is 800 g/mol. The molecule has 0 atom stereocenters. The Bertz CT molecular complexity index is 3450. The second-order valence-corrected chi connectivity index (χ2v) is 16.4. The second-order valence-electron chi connectivity index (χ2n) is 16.4. The van der Waals surface area contributed by atoms with Crippen LogP contribution in [-0.2, 0) is 5.41 Å². The van der Waals surface area contributed by atoms with Crippen molar-refractivity contribution >= 4 is 21.5 Å². The Labute approximate surface area is 367 Å². The largest absolute Gasteiger partial charge is 0.228 e. The zero-order valence-corrected chi connectivity index (χ0v) is 34.5. The summed E-state index contributed by atoms with van der Waals surface area (Å²) in [6.45, 7) is 0. The van der Waals surface area contributed by atoms with E-state index >= 15 is 0 Å². The summed E-state index contributed by atoms with van der Waals surface area (Å²) in [5.74, 6) is 0.695. The SMILES string of the molecule is c1ccc(-c2cc(-c3ccccc3-c3ccccc3)nc(-c3ccc(-c4ccc5c(c4)C(c4ccccc4)(c4ccccc4)c4cc6ccccc6cc4-5)c4ccccc34)n2)cc1. The van der Waals surface area contributed by atoms with Crippen LogP contribution in [0, 0.1) is 0 Å². The minimum Gasteiger partial charge on any atom is -0.228 e. The van der Waals surface area contributed by atoms with Crippen molar-refractivity contribution in [1.82, 2.24) is 9.97 Å². The van der Waals surface area contributed by atoms with Crippen molar-refractivity contribution in [1.29, 1.82) is 0 Å². The highest BCUT2D eigenvalue weighted by Gasteiger charge is 2.46. The number of hydrogen-bond acceptors (Lipinski definition) is 2. The minimum absolute atomic E-state index is 0.527. The summed E-state index contributed by atoms with van der Waals surface area (Å²) in [4.78, 5) is 10.7. The van der Waals surface area contributed by atoms with Crippen LogP contribution in [0.4, 0.5) is 0 Å². The third kappa shape index (κ3) is 6.02. The number of benzene rings is 10. The lowest BCUT2D eigenvalue weighted by atomic mass is 9.67. The molecule has 0 N–H and O–H groups in total. The Morgan fingerprint density at radius 2 is 0.762 bits per heavy atom. The van der Waals surface area contributed by atoms with Gasteiger partial charge in [0.25, 0.3) is 0 Å². The molecule has 10 aromatic carbocycles. The van der Waals surface area contributed by atoms with E-state index in [0.29, 0.717) is 5.82 Å². The van der Waals surface area contributed by atoms with Gasteiger partial charge in [0.05, 0.1) is 16.8 Å². The van der Waals surface area contributed by atoms with Crippen LogP contribution < -0.4 is 0 Å². The van der Waals surface area contributed by atoms with Crippen molar-refractivity contribution in [3.63, 3.8) is 0 Å². The summed E-state index contributed by atoms with van der Waals surface area (Å²) >= 11 is 0. The van der Waals surface area contributed by atoms with E-state index in [0.717, 1.165) is 50.0 Å². The molecular weight excluding hydrogens is 761 g/mol. The normalized spacial score (nSPS) is 12.6. The predicted octanol–water partition coefficient (Wildman–Crippen LogP) is 15.5. The molecule has 0 unspecified atom stereocenters. The third-order valence-electron chi connectivity index (χ3n) is 13.0. The van der Waals surface area contributed by atoms with Crippen LogP contribution in [0.25, 0.3) is 88.8 Å². The molecule has 1 aliphatic carbocycles. The van der Waals surface area contributed by atoms with E-state index in [9.17, 15) is 0 Å². The molecule has 2 heteroatoms. The summed E-state index contributed by atoms with van der Waals surface area (Å²) in [5.41, 5.74) is 16.6. The van der Waals surface area contributed by atoms with Crippen LogP contribution in [0.1, 0.15) is 22.3 Å². The molecule has 0 radical (unpaired) electrons. The first-order chi connectivity index (χ1) is 31.2. The molecule has 12 rings (SSSR count). The van der Waals surface area contributed by atoms with Gasteiger partial charge in [-0.3, -0.25) is 0 Å². The van der Waals surface area contributed by atoms with Crippen molar-refractivity contribution in [3.05, 3.63) is 265 Å². The van der Waals surface area contributed by atoms with Gasteiger partial charge in [0.15, 0.2) is 5.82 Å². The molecule has 0 spiro atoms. The molecule has 63 heavy (non-hydrogen) atoms. The molecule has 0 amide bonds. The Morgan fingerprint density at radius 1 is 0.270 bits per heavy atom. The minimum atomic E-state index is -0.527. The summed E-state index contributed by atoms with van der Waals surface area (Å²) in [6, 6.07) is 87.8. The van der Waals surface area contributed by atoms with E-state index in [1.807, 2.05) is 6.07 Å². The van der Waals surface area contributed by atoms with E-state index in [1.165, 1.54) is 55.3 Å². The average Bonchev–Trinajstić information content (AvgIpc) is 3.65. The number of fused-ring (bicyclic) bond motifs is 5. The second kappa shape index (κ2) is 15.1. The summed E-state index contributed by atoms with van der Waals surface area (Å²) < 4.78 is 0. The molecule has 1 aliphatic rings. The third-order valence-corrected chi connectivity index (χ3v) is 13.0. The van der Waals surface area contributed by atoms with Crippen molar-refractivity contribution in [2.75, 3.05) is 0 Å². The molecule has 0 saturated heterocycles. The van der Waals surface area contributed by atoms with Gasteiger partial charge in [-0.05, 0) is 108 Å². The predicted molar refractivity (Wildman–Crippen MR) is 262 cm³/mol. The molecule has 0 fully saturated rings. The zero-order valence-electron chi connectivity index (χ0n) is 34.5. The van der Waals surface area contributed by atoms with Crippen LogP contribution in [-0.4, -0.2) is 9.97 Å². The lowest BCUT2D eigenvalue weighted by molar-refractivity contribution is 0.770. The molecule has 0 bridgehead atoms. The average molecular weight is 801 g/mol. The van der Waals surface area contributed by atoms with Crippen molar-refractivity contribution in [3.8, 4) is 67.3 Å². The molecule has 2 nitrogen and oxygen atoms in total. The first kappa shape index (κ1) is 36.6. The van der Waals surface area contributed by atoms with Crippen LogP contribution in [0.15, 0.2) is 243 Å². The Hall–Kier alpha value is -8.20. The van der Waals surface area contributed by atoms with E-state index in [-0.39, 0.29) is 0 Å². The quantitative estimate of drug-likeness (QED) is 0.160. The van der Waals surface area contributed by atoms with Gasteiger partial charge < -0.3 is 0 Å². The van der Waals surface area contributed by atoms with Gasteiger partial charge in [0, 0.05) is 16.7 Å². The molecule has 1 aromatic heterocycles. The van der Waals surface area contributed by atoms with Gasteiger partial charge in [-0.15, -0.1) is 0 Å². The molecule has 1 heterocycles. The van der Waals surface area contributed by atoms with E-state index in [1.54, 1.807) is 0 Å². The molecule has 0 saturated carbocycles. The van der Waals surface area contributed by atoms with Crippen LogP contribution in [0.5, 0.6) is 0 Å². The maximum absolute atomic E-state index is 5.41. The van der Waals surface area contributed by atoms with Crippen molar-refractivity contribution in [2.24, 2.45) is 0 Å². The number of aromatic nitrogens is 2. The van der Waals surface area contributed by atoms with Gasteiger partial charge >= 0.3 is 0 Å². The lowest BCUT2D eigenvalue weighted by Gasteiger charge is -2.34. The van der Waals surface area contributed by atoms with Gasteiger partial charge in [0.1, 0.15) is 0 Å². The Balaban J connectivity index is 1.07. The topological polar surface area (TPSA) is 25.8 Å². The van der Waals surface area contributed by atoms with E-state index in [4.69, 9.17) is 9.97 Å². The molecular formula is C61H40N2. The molecule has 294 valence electrons. The van der Waals surface area contributed by atoms with E-state index < -0.39 is 5.41 Å². The van der Waals surface area contributed by atoms with Crippen molar-refractivity contribution < 1.29 is 0 Å². The summed E-state index contributed by atoms with van der Waals surface area (Å²) in [6.07, 6.45) is 0.